The molecule has 0 bridgehead atoms. The Balaban J connectivity index is 1.66. The summed E-state index contributed by atoms with van der Waals surface area (Å²) in [6, 6.07) is 5.54. The Labute approximate surface area is 188 Å². The summed E-state index contributed by atoms with van der Waals surface area (Å²) in [6.45, 7) is -2.69. The van der Waals surface area contributed by atoms with E-state index in [1.165, 1.54) is 6.08 Å². The number of alkyl halides is 2. The molecule has 5 rings (SSSR count). The molecule has 3 aliphatic heterocycles. The number of nitrogens with zero attached hydrogens (tertiary/aromatic N) is 3. The zero-order valence-corrected chi connectivity index (χ0v) is 18.7. The van der Waals surface area contributed by atoms with E-state index in [0.29, 0.717) is 23.0 Å². The van der Waals surface area contributed by atoms with Gasteiger partial charge in [-0.1, -0.05) is 6.07 Å². The lowest BCUT2D eigenvalue weighted by Gasteiger charge is -2.42. The largest absolute Gasteiger partial charge is 0.431 e. The van der Waals surface area contributed by atoms with Crippen LogP contribution in [0.3, 0.4) is 0 Å². The molecule has 0 unspecified atom stereocenters. The van der Waals surface area contributed by atoms with Crippen molar-refractivity contribution >= 4 is 45.3 Å². The molecule has 1 aromatic carbocycles. The van der Waals surface area contributed by atoms with Crippen LogP contribution in [0.5, 0.6) is 0 Å². The number of halogens is 4. The van der Waals surface area contributed by atoms with Gasteiger partial charge in [-0.25, -0.2) is 4.39 Å². The van der Waals surface area contributed by atoms with Crippen molar-refractivity contribution in [3.05, 3.63) is 57.2 Å². The van der Waals surface area contributed by atoms with Gasteiger partial charge in [-0.05, 0) is 40.4 Å². The molecule has 10 heteroatoms. The number of fused-ring (bicyclic) bond motifs is 4. The SMILES string of the molecule is N#CC1=CN2C[C@@]3(CCC4(SCCS4)c4c3ccc(Br)c4F)N=C2C(OC(F)F)=C1. The molecule has 0 aromatic heterocycles. The third-order valence-electron chi connectivity index (χ3n) is 5.77. The summed E-state index contributed by atoms with van der Waals surface area (Å²) < 4.78 is 46.1. The summed E-state index contributed by atoms with van der Waals surface area (Å²) >= 11 is 6.84. The van der Waals surface area contributed by atoms with Crippen molar-refractivity contribution in [2.45, 2.75) is 29.1 Å². The van der Waals surface area contributed by atoms with E-state index in [1.54, 1.807) is 40.7 Å². The van der Waals surface area contributed by atoms with Gasteiger partial charge in [0.1, 0.15) is 17.4 Å². The normalized spacial score (nSPS) is 26.3. The molecule has 1 atom stereocenters. The van der Waals surface area contributed by atoms with Gasteiger partial charge in [0, 0.05) is 29.3 Å². The summed E-state index contributed by atoms with van der Waals surface area (Å²) in [5.41, 5.74) is 0.844. The molecule has 1 saturated heterocycles. The number of ether oxygens (including phenoxy) is 1. The van der Waals surface area contributed by atoms with Crippen LogP contribution < -0.4 is 0 Å². The minimum absolute atomic E-state index is 0.134. The summed E-state index contributed by atoms with van der Waals surface area (Å²) in [5.74, 6) is 1.74. The highest BCUT2D eigenvalue weighted by atomic mass is 79.9. The Morgan fingerprint density at radius 3 is 2.73 bits per heavy atom. The maximum atomic E-state index is 15.4. The minimum atomic E-state index is -3.03. The molecule has 30 heavy (non-hydrogen) atoms. The molecule has 2 spiro atoms. The fourth-order valence-electron chi connectivity index (χ4n) is 4.58. The highest BCUT2D eigenvalue weighted by Gasteiger charge is 2.54. The Kier molecular flexibility index (Phi) is 4.91. The van der Waals surface area contributed by atoms with Crippen LogP contribution >= 0.6 is 39.5 Å². The van der Waals surface area contributed by atoms with Crippen molar-refractivity contribution in [3.8, 4) is 6.07 Å². The average Bonchev–Trinajstić information content (AvgIpc) is 3.32. The van der Waals surface area contributed by atoms with Crippen LogP contribution in [-0.4, -0.2) is 35.4 Å². The third-order valence-corrected chi connectivity index (χ3v) is 9.91. The van der Waals surface area contributed by atoms with Crippen LogP contribution in [0.1, 0.15) is 24.0 Å². The van der Waals surface area contributed by atoms with Crippen LogP contribution in [0.4, 0.5) is 13.2 Å². The lowest BCUT2D eigenvalue weighted by Crippen LogP contribution is -2.40. The molecule has 156 valence electrons. The second-order valence-corrected chi connectivity index (χ2v) is 11.3. The first-order chi connectivity index (χ1) is 14.4. The van der Waals surface area contributed by atoms with Crippen LogP contribution in [0, 0.1) is 17.1 Å². The molecule has 0 saturated carbocycles. The van der Waals surface area contributed by atoms with E-state index >= 15 is 4.39 Å². The van der Waals surface area contributed by atoms with E-state index < -0.39 is 12.2 Å². The van der Waals surface area contributed by atoms with Crippen LogP contribution in [-0.2, 0) is 14.4 Å². The van der Waals surface area contributed by atoms with E-state index in [9.17, 15) is 14.0 Å². The van der Waals surface area contributed by atoms with Crippen molar-refractivity contribution in [3.63, 3.8) is 0 Å². The zero-order valence-electron chi connectivity index (χ0n) is 15.5. The van der Waals surface area contributed by atoms with Gasteiger partial charge < -0.3 is 9.64 Å². The van der Waals surface area contributed by atoms with Crippen molar-refractivity contribution in [1.82, 2.24) is 4.90 Å². The van der Waals surface area contributed by atoms with Gasteiger partial charge in [0.2, 0.25) is 0 Å². The fourth-order valence-corrected chi connectivity index (χ4v) is 8.25. The van der Waals surface area contributed by atoms with Crippen LogP contribution in [0.25, 0.3) is 0 Å². The van der Waals surface area contributed by atoms with E-state index in [2.05, 4.69) is 20.7 Å². The average molecular weight is 514 g/mol. The van der Waals surface area contributed by atoms with Gasteiger partial charge in [-0.3, -0.25) is 4.99 Å². The number of amidine groups is 1. The van der Waals surface area contributed by atoms with Gasteiger partial charge >= 0.3 is 6.61 Å². The number of hydrogen-bond acceptors (Lipinski definition) is 6. The molecule has 4 nitrogen and oxygen atoms in total. The first-order valence-electron chi connectivity index (χ1n) is 9.30. The molecule has 4 aliphatic rings. The van der Waals surface area contributed by atoms with Crippen molar-refractivity contribution in [2.75, 3.05) is 18.1 Å². The number of thioether (sulfide) groups is 2. The van der Waals surface area contributed by atoms with Gasteiger partial charge in [-0.15, -0.1) is 23.5 Å². The van der Waals surface area contributed by atoms with Crippen molar-refractivity contribution < 1.29 is 17.9 Å². The molecule has 3 heterocycles. The first kappa shape index (κ1) is 20.3. The Bertz CT molecular complexity index is 1060. The number of hydrogen-bond donors (Lipinski definition) is 0. The van der Waals surface area contributed by atoms with Gasteiger partial charge in [-0.2, -0.15) is 14.0 Å². The summed E-state index contributed by atoms with van der Waals surface area (Å²) in [6.07, 6.45) is 4.23. The summed E-state index contributed by atoms with van der Waals surface area (Å²) in [5, 5.41) is 9.30. The standard InChI is InChI=1S/C20H15BrF3N3OS2/c21-13-2-1-12-15(16(13)22)20(29-5-6-30-20)4-3-19(12)10-27-9-11(8-25)7-14(17(27)26-19)28-18(23)24/h1-2,7,9,18H,3-6,10H2/t19-/m1/s1. The van der Waals surface area contributed by atoms with E-state index in [0.717, 1.165) is 23.5 Å². The number of aliphatic imine (C=N–C) groups is 1. The number of rotatable bonds is 2. The Morgan fingerprint density at radius 2 is 2.03 bits per heavy atom. The summed E-state index contributed by atoms with van der Waals surface area (Å²) in [4.78, 5) is 6.51. The maximum Gasteiger partial charge on any atom is 0.387 e. The lowest BCUT2D eigenvalue weighted by atomic mass is 9.76. The topological polar surface area (TPSA) is 48.6 Å². The number of benzene rings is 1. The predicted octanol–water partition coefficient (Wildman–Crippen LogP) is 5.47. The lowest BCUT2D eigenvalue weighted by molar-refractivity contribution is -0.0906. The third kappa shape index (κ3) is 3.00. The van der Waals surface area contributed by atoms with Gasteiger partial charge in [0.15, 0.2) is 11.6 Å². The zero-order chi connectivity index (χ0) is 21.1. The van der Waals surface area contributed by atoms with E-state index in [4.69, 9.17) is 4.99 Å². The maximum absolute atomic E-state index is 15.4. The second kappa shape index (κ2) is 7.24. The highest BCUT2D eigenvalue weighted by molar-refractivity contribution is 9.10. The first-order valence-corrected chi connectivity index (χ1v) is 12.1. The van der Waals surface area contributed by atoms with Crippen molar-refractivity contribution in [2.24, 2.45) is 4.99 Å². The molecule has 1 fully saturated rings. The molecule has 1 aromatic rings. The van der Waals surface area contributed by atoms with Gasteiger partial charge in [0.25, 0.3) is 0 Å². The van der Waals surface area contributed by atoms with Gasteiger partial charge in [0.05, 0.1) is 20.7 Å². The Morgan fingerprint density at radius 1 is 1.27 bits per heavy atom. The molecule has 0 amide bonds. The van der Waals surface area contributed by atoms with Crippen molar-refractivity contribution in [1.29, 1.82) is 5.26 Å². The van der Waals surface area contributed by atoms with E-state index in [1.807, 2.05) is 12.1 Å². The Hall–Kier alpha value is -1.57. The highest BCUT2D eigenvalue weighted by Crippen LogP contribution is 2.63. The molecule has 1 aliphatic carbocycles. The van der Waals surface area contributed by atoms with Crippen LogP contribution in [0.15, 0.2) is 45.2 Å². The number of allylic oxidation sites excluding steroid dienone is 2. The minimum Gasteiger partial charge on any atom is -0.431 e. The smallest absolute Gasteiger partial charge is 0.387 e. The monoisotopic (exact) mass is 513 g/mol. The number of nitriles is 1. The molecule has 0 radical (unpaired) electrons. The van der Waals surface area contributed by atoms with E-state index in [-0.39, 0.29) is 27.1 Å². The molecular formula is C20H15BrF3N3OS2. The fraction of sp³-hybridized carbons (Fsp3) is 0.400. The molecule has 0 N–H and O–H groups in total. The predicted molar refractivity (Wildman–Crippen MR) is 115 cm³/mol. The summed E-state index contributed by atoms with van der Waals surface area (Å²) in [7, 11) is 0. The van der Waals surface area contributed by atoms with Crippen LogP contribution in [0.2, 0.25) is 0 Å². The second-order valence-electron chi connectivity index (χ2n) is 7.41. The molecular weight excluding hydrogens is 499 g/mol. The quantitative estimate of drug-likeness (QED) is 0.524.